The molecule has 2 rings (SSSR count). The Hall–Kier alpha value is -1.33. The van der Waals surface area contributed by atoms with E-state index in [0.717, 1.165) is 10.3 Å². The van der Waals surface area contributed by atoms with Gasteiger partial charge in [0.05, 0.1) is 10.3 Å². The molecule has 0 bridgehead atoms. The zero-order valence-corrected chi connectivity index (χ0v) is 7.48. The van der Waals surface area contributed by atoms with Crippen LogP contribution in [0.25, 0.3) is 10.1 Å². The van der Waals surface area contributed by atoms with Crippen LogP contribution in [0.1, 0.15) is 11.1 Å². The molecule has 0 amide bonds. The molecule has 0 N–H and O–H groups in total. The molecule has 0 radical (unpaired) electrons. The highest BCUT2D eigenvalue weighted by molar-refractivity contribution is 7.17. The Morgan fingerprint density at radius 2 is 2.17 bits per heavy atom. The van der Waals surface area contributed by atoms with Crippen molar-refractivity contribution in [3.05, 3.63) is 34.7 Å². The van der Waals surface area contributed by atoms with Gasteiger partial charge in [-0.05, 0) is 35.4 Å². The first-order valence-electron chi connectivity index (χ1n) is 3.70. The van der Waals surface area contributed by atoms with Crippen LogP contribution in [0.2, 0.25) is 0 Å². The number of thiophene rings is 1. The summed E-state index contributed by atoms with van der Waals surface area (Å²) in [5.41, 5.74) is 2.02. The molecule has 0 aliphatic rings. The maximum Gasteiger partial charge on any atom is 0.101 e. The zero-order chi connectivity index (χ0) is 8.55. The molecule has 0 atom stereocenters. The number of hydrogen-bond acceptors (Lipinski definition) is 2. The molecule has 0 aliphatic heterocycles. The summed E-state index contributed by atoms with van der Waals surface area (Å²) < 4.78 is 1.11. The Morgan fingerprint density at radius 3 is 2.92 bits per heavy atom. The number of nitrogens with zero attached hydrogens (tertiary/aromatic N) is 1. The van der Waals surface area contributed by atoms with Crippen LogP contribution in [0, 0.1) is 18.3 Å². The second-order valence-corrected chi connectivity index (χ2v) is 3.62. The van der Waals surface area contributed by atoms with Crippen molar-refractivity contribution in [2.45, 2.75) is 6.92 Å². The van der Waals surface area contributed by atoms with Crippen molar-refractivity contribution in [3.63, 3.8) is 0 Å². The van der Waals surface area contributed by atoms with Gasteiger partial charge in [0.2, 0.25) is 0 Å². The lowest BCUT2D eigenvalue weighted by Gasteiger charge is -1.96. The highest BCUT2D eigenvalue weighted by Gasteiger charge is 2.02. The molecular formula is C10H7NS. The summed E-state index contributed by atoms with van der Waals surface area (Å²) in [4.78, 5) is 0. The smallest absolute Gasteiger partial charge is 0.101 e. The number of benzene rings is 1. The molecule has 1 nitrogen and oxygen atoms in total. The van der Waals surface area contributed by atoms with Gasteiger partial charge < -0.3 is 0 Å². The molecular weight excluding hydrogens is 166 g/mol. The Labute approximate surface area is 74.9 Å². The van der Waals surface area contributed by atoms with Crippen LogP contribution in [0.3, 0.4) is 0 Å². The molecule has 2 heteroatoms. The highest BCUT2D eigenvalue weighted by Crippen LogP contribution is 2.26. The number of rotatable bonds is 0. The van der Waals surface area contributed by atoms with Crippen LogP contribution in [-0.4, -0.2) is 0 Å². The normalized spacial score (nSPS) is 10.0. The summed E-state index contributed by atoms with van der Waals surface area (Å²) >= 11 is 1.63. The molecule has 1 heterocycles. The van der Waals surface area contributed by atoms with Gasteiger partial charge in [0, 0.05) is 0 Å². The summed E-state index contributed by atoms with van der Waals surface area (Å²) in [5.74, 6) is 0. The largest absolute Gasteiger partial charge is 0.192 e. The lowest BCUT2D eigenvalue weighted by molar-refractivity contribution is 1.49. The number of nitriles is 1. The minimum atomic E-state index is 0.783. The molecule has 2 aromatic rings. The topological polar surface area (TPSA) is 23.8 Å². The van der Waals surface area contributed by atoms with Crippen molar-refractivity contribution in [1.82, 2.24) is 0 Å². The van der Waals surface area contributed by atoms with E-state index >= 15 is 0 Å². The van der Waals surface area contributed by atoms with Crippen LogP contribution in [0.5, 0.6) is 0 Å². The molecule has 12 heavy (non-hydrogen) atoms. The van der Waals surface area contributed by atoms with Gasteiger partial charge in [-0.1, -0.05) is 6.07 Å². The lowest BCUT2D eigenvalue weighted by Crippen LogP contribution is -1.77. The van der Waals surface area contributed by atoms with Gasteiger partial charge in [-0.15, -0.1) is 11.3 Å². The van der Waals surface area contributed by atoms with Gasteiger partial charge in [0.15, 0.2) is 0 Å². The summed E-state index contributed by atoms with van der Waals surface area (Å²) in [6, 6.07) is 8.14. The summed E-state index contributed by atoms with van der Waals surface area (Å²) in [5, 5.41) is 12.0. The maximum atomic E-state index is 8.80. The van der Waals surface area contributed by atoms with Crippen molar-refractivity contribution in [3.8, 4) is 6.07 Å². The van der Waals surface area contributed by atoms with Gasteiger partial charge in [0.25, 0.3) is 0 Å². The van der Waals surface area contributed by atoms with Gasteiger partial charge in [0.1, 0.15) is 6.07 Å². The second-order valence-electron chi connectivity index (χ2n) is 2.71. The Morgan fingerprint density at radius 1 is 1.33 bits per heavy atom. The van der Waals surface area contributed by atoms with Crippen LogP contribution < -0.4 is 0 Å². The average molecular weight is 173 g/mol. The fourth-order valence-corrected chi connectivity index (χ4v) is 2.23. The van der Waals surface area contributed by atoms with Crippen molar-refractivity contribution in [1.29, 1.82) is 5.26 Å². The standard InChI is InChI=1S/C10H7NS/c1-7-2-3-8(6-11)10-9(7)4-5-12-10/h2-5H,1H3. The Kier molecular flexibility index (Phi) is 1.60. The van der Waals surface area contributed by atoms with Crippen molar-refractivity contribution < 1.29 is 0 Å². The van der Waals surface area contributed by atoms with Crippen LogP contribution in [0.15, 0.2) is 23.6 Å². The van der Waals surface area contributed by atoms with E-state index in [0.29, 0.717) is 0 Å². The van der Waals surface area contributed by atoms with E-state index in [-0.39, 0.29) is 0 Å². The first kappa shape index (κ1) is 7.33. The molecule has 58 valence electrons. The maximum absolute atomic E-state index is 8.80. The minimum absolute atomic E-state index is 0.783. The van der Waals surface area contributed by atoms with Gasteiger partial charge >= 0.3 is 0 Å². The number of aryl methyl sites for hydroxylation is 1. The van der Waals surface area contributed by atoms with E-state index in [9.17, 15) is 0 Å². The SMILES string of the molecule is Cc1ccc(C#N)c2sccc12. The molecule has 1 aromatic heterocycles. The molecule has 1 aromatic carbocycles. The van der Waals surface area contributed by atoms with E-state index < -0.39 is 0 Å². The Bertz CT molecular complexity index is 462. The third-order valence-electron chi connectivity index (χ3n) is 1.96. The number of hydrogen-bond donors (Lipinski definition) is 0. The molecule has 0 saturated carbocycles. The molecule has 0 spiro atoms. The summed E-state index contributed by atoms with van der Waals surface area (Å²) in [6.07, 6.45) is 0. The summed E-state index contributed by atoms with van der Waals surface area (Å²) in [6.45, 7) is 2.07. The molecule has 0 aliphatic carbocycles. The molecule has 0 unspecified atom stereocenters. The molecule has 0 fully saturated rings. The fraction of sp³-hybridized carbons (Fsp3) is 0.100. The monoisotopic (exact) mass is 173 g/mol. The first-order chi connectivity index (χ1) is 5.83. The van der Waals surface area contributed by atoms with Crippen LogP contribution in [-0.2, 0) is 0 Å². The zero-order valence-electron chi connectivity index (χ0n) is 6.66. The predicted octanol–water partition coefficient (Wildman–Crippen LogP) is 3.08. The van der Waals surface area contributed by atoms with Crippen molar-refractivity contribution in [2.75, 3.05) is 0 Å². The average Bonchev–Trinajstić information content (AvgIpc) is 2.54. The fourth-order valence-electron chi connectivity index (χ4n) is 1.29. The third kappa shape index (κ3) is 0.910. The van der Waals surface area contributed by atoms with Gasteiger partial charge in [-0.25, -0.2) is 0 Å². The highest BCUT2D eigenvalue weighted by atomic mass is 32.1. The van der Waals surface area contributed by atoms with Gasteiger partial charge in [-0.2, -0.15) is 5.26 Å². The Balaban J connectivity index is 2.94. The van der Waals surface area contributed by atoms with E-state index in [4.69, 9.17) is 5.26 Å². The quantitative estimate of drug-likeness (QED) is 0.600. The van der Waals surface area contributed by atoms with Gasteiger partial charge in [-0.3, -0.25) is 0 Å². The van der Waals surface area contributed by atoms with Crippen LogP contribution in [0.4, 0.5) is 0 Å². The van der Waals surface area contributed by atoms with Crippen molar-refractivity contribution in [2.24, 2.45) is 0 Å². The van der Waals surface area contributed by atoms with Crippen LogP contribution >= 0.6 is 11.3 Å². The summed E-state index contributed by atoms with van der Waals surface area (Å²) in [7, 11) is 0. The van der Waals surface area contributed by atoms with E-state index in [1.165, 1.54) is 10.9 Å². The lowest BCUT2D eigenvalue weighted by atomic mass is 10.1. The third-order valence-corrected chi connectivity index (χ3v) is 2.90. The van der Waals surface area contributed by atoms with E-state index in [1.807, 2.05) is 17.5 Å². The van der Waals surface area contributed by atoms with Crippen molar-refractivity contribution >= 4 is 21.4 Å². The number of fused-ring (bicyclic) bond motifs is 1. The van der Waals surface area contributed by atoms with E-state index in [1.54, 1.807) is 11.3 Å². The first-order valence-corrected chi connectivity index (χ1v) is 4.58. The second kappa shape index (κ2) is 2.62. The van der Waals surface area contributed by atoms with E-state index in [2.05, 4.69) is 19.1 Å². The predicted molar refractivity (Wildman–Crippen MR) is 51.3 cm³/mol. The molecule has 0 saturated heterocycles. The minimum Gasteiger partial charge on any atom is -0.192 e.